The first-order valence-electron chi connectivity index (χ1n) is 8.82. The molecule has 0 radical (unpaired) electrons. The number of halogens is 1. The molecule has 0 N–H and O–H groups in total. The van der Waals surface area contributed by atoms with E-state index in [4.69, 9.17) is 18.3 Å². The van der Waals surface area contributed by atoms with Crippen LogP contribution in [0.4, 0.5) is 0 Å². The average molecular weight is 455 g/mol. The van der Waals surface area contributed by atoms with Crippen molar-refractivity contribution in [2.24, 2.45) is 0 Å². The molecule has 0 saturated heterocycles. The molecule has 2 aromatic carbocycles. The molecule has 0 aliphatic heterocycles. The van der Waals surface area contributed by atoms with Gasteiger partial charge in [-0.25, -0.2) is 9.59 Å². The van der Waals surface area contributed by atoms with Crippen molar-refractivity contribution in [2.75, 3.05) is 6.61 Å². The van der Waals surface area contributed by atoms with Gasteiger partial charge in [0, 0.05) is 10.9 Å². The SMILES string of the molecule is CCOC(=O)c1c(-c2ccccc2)oc2cc(Br)c(OC(=O)c3ccco3)cc12. The Balaban J connectivity index is 1.85. The first-order valence-corrected chi connectivity index (χ1v) is 9.62. The Bertz CT molecular complexity index is 1180. The number of fused-ring (bicyclic) bond motifs is 1. The molecule has 0 fully saturated rings. The van der Waals surface area contributed by atoms with Crippen LogP contribution in [0.5, 0.6) is 5.75 Å². The fraction of sp³-hybridized carbons (Fsp3) is 0.0909. The van der Waals surface area contributed by atoms with Crippen LogP contribution in [0.3, 0.4) is 0 Å². The number of hydrogen-bond acceptors (Lipinski definition) is 6. The van der Waals surface area contributed by atoms with Crippen LogP contribution >= 0.6 is 15.9 Å². The van der Waals surface area contributed by atoms with Crippen molar-refractivity contribution in [3.63, 3.8) is 0 Å². The number of carbonyl (C=O) groups is 2. The van der Waals surface area contributed by atoms with E-state index in [1.165, 1.54) is 12.3 Å². The molecule has 0 saturated carbocycles. The highest BCUT2D eigenvalue weighted by Crippen LogP contribution is 2.39. The van der Waals surface area contributed by atoms with Gasteiger partial charge in [-0.3, -0.25) is 0 Å². The normalized spacial score (nSPS) is 10.8. The minimum absolute atomic E-state index is 0.0692. The smallest absolute Gasteiger partial charge is 0.379 e. The molecule has 0 atom stereocenters. The maximum atomic E-state index is 12.7. The molecule has 2 heterocycles. The van der Waals surface area contributed by atoms with Gasteiger partial charge in [0.1, 0.15) is 22.7 Å². The van der Waals surface area contributed by atoms with E-state index >= 15 is 0 Å². The second-order valence-corrected chi connectivity index (χ2v) is 6.89. The number of benzene rings is 2. The number of hydrogen-bond donors (Lipinski definition) is 0. The monoisotopic (exact) mass is 454 g/mol. The van der Waals surface area contributed by atoms with Crippen LogP contribution in [0.2, 0.25) is 0 Å². The van der Waals surface area contributed by atoms with Crippen molar-refractivity contribution in [3.05, 3.63) is 76.7 Å². The Morgan fingerprint density at radius 2 is 1.83 bits per heavy atom. The van der Waals surface area contributed by atoms with Crippen LogP contribution in [0.1, 0.15) is 27.8 Å². The Hall–Kier alpha value is -3.32. The standard InChI is InChI=1S/C22H15BrO6/c1-2-26-22(25)19-14-11-18(29-21(24)16-9-6-10-27-16)15(23)12-17(14)28-20(19)13-7-4-3-5-8-13/h3-12H,2H2,1H3. The van der Waals surface area contributed by atoms with Crippen LogP contribution in [0.15, 0.2) is 74.2 Å². The van der Waals surface area contributed by atoms with Gasteiger partial charge >= 0.3 is 11.9 Å². The van der Waals surface area contributed by atoms with E-state index in [0.29, 0.717) is 21.2 Å². The van der Waals surface area contributed by atoms with Crippen LogP contribution in [-0.4, -0.2) is 18.5 Å². The maximum Gasteiger partial charge on any atom is 0.379 e. The summed E-state index contributed by atoms with van der Waals surface area (Å²) in [5, 5.41) is 0.479. The van der Waals surface area contributed by atoms with E-state index < -0.39 is 11.9 Å². The molecule has 0 bridgehead atoms. The zero-order valence-corrected chi connectivity index (χ0v) is 16.9. The van der Waals surface area contributed by atoms with Gasteiger partial charge in [-0.2, -0.15) is 0 Å². The zero-order valence-electron chi connectivity index (χ0n) is 15.3. The summed E-state index contributed by atoms with van der Waals surface area (Å²) in [5.74, 6) is -0.486. The molecule has 0 amide bonds. The van der Waals surface area contributed by atoms with Crippen LogP contribution < -0.4 is 4.74 Å². The van der Waals surface area contributed by atoms with Crippen molar-refractivity contribution >= 4 is 38.8 Å². The molecular weight excluding hydrogens is 440 g/mol. The van der Waals surface area contributed by atoms with E-state index in [1.807, 2.05) is 30.3 Å². The summed E-state index contributed by atoms with van der Waals surface area (Å²) in [4.78, 5) is 25.0. The van der Waals surface area contributed by atoms with E-state index in [0.717, 1.165) is 5.56 Å². The van der Waals surface area contributed by atoms with Gasteiger partial charge in [0.15, 0.2) is 0 Å². The van der Waals surface area contributed by atoms with Gasteiger partial charge in [-0.1, -0.05) is 30.3 Å². The largest absolute Gasteiger partial charge is 0.462 e. The summed E-state index contributed by atoms with van der Waals surface area (Å²) < 4.78 is 22.2. The van der Waals surface area contributed by atoms with E-state index in [2.05, 4.69) is 15.9 Å². The third-order valence-corrected chi connectivity index (χ3v) is 4.80. The van der Waals surface area contributed by atoms with Crippen molar-refractivity contribution < 1.29 is 27.9 Å². The number of furan rings is 2. The summed E-state index contributed by atoms with van der Waals surface area (Å²) in [5.41, 5.74) is 1.46. The Kier molecular flexibility index (Phi) is 5.22. The molecule has 4 aromatic rings. The summed E-state index contributed by atoms with van der Waals surface area (Å²) in [6.07, 6.45) is 1.38. The molecule has 7 heteroatoms. The van der Waals surface area contributed by atoms with E-state index in [1.54, 1.807) is 25.1 Å². The molecule has 0 unspecified atom stereocenters. The van der Waals surface area contributed by atoms with E-state index in [9.17, 15) is 9.59 Å². The lowest BCUT2D eigenvalue weighted by Gasteiger charge is -2.06. The predicted octanol–water partition coefficient (Wildman–Crippen LogP) is 5.85. The van der Waals surface area contributed by atoms with Crippen LogP contribution in [0, 0.1) is 0 Å². The minimum Gasteiger partial charge on any atom is -0.462 e. The van der Waals surface area contributed by atoms with Crippen molar-refractivity contribution in [2.45, 2.75) is 6.92 Å². The lowest BCUT2D eigenvalue weighted by Crippen LogP contribution is -2.08. The summed E-state index contributed by atoms with van der Waals surface area (Å²) >= 11 is 3.38. The molecule has 0 spiro atoms. The average Bonchev–Trinajstić information content (AvgIpc) is 3.37. The molecule has 4 rings (SSSR count). The van der Waals surface area contributed by atoms with Gasteiger partial charge in [-0.05, 0) is 47.1 Å². The first kappa shape index (κ1) is 19.0. The number of esters is 2. The summed E-state index contributed by atoms with van der Waals surface area (Å²) in [6.45, 7) is 1.95. The first-order chi connectivity index (χ1) is 14.1. The third-order valence-electron chi connectivity index (χ3n) is 4.18. The molecule has 29 heavy (non-hydrogen) atoms. The summed E-state index contributed by atoms with van der Waals surface area (Å²) in [7, 11) is 0. The molecular formula is C22H15BrO6. The zero-order chi connectivity index (χ0) is 20.4. The number of carbonyl (C=O) groups excluding carboxylic acids is 2. The minimum atomic E-state index is -0.653. The van der Waals surface area contributed by atoms with Crippen molar-refractivity contribution in [3.8, 4) is 17.1 Å². The number of ether oxygens (including phenoxy) is 2. The molecule has 6 nitrogen and oxygen atoms in total. The predicted molar refractivity (Wildman–Crippen MR) is 109 cm³/mol. The van der Waals surface area contributed by atoms with Crippen LogP contribution in [0.25, 0.3) is 22.3 Å². The topological polar surface area (TPSA) is 78.9 Å². The lowest BCUT2D eigenvalue weighted by atomic mass is 10.1. The van der Waals surface area contributed by atoms with Gasteiger partial charge in [0.25, 0.3) is 0 Å². The quantitative estimate of drug-likeness (QED) is 0.278. The Morgan fingerprint density at radius 3 is 2.52 bits per heavy atom. The van der Waals surface area contributed by atoms with E-state index in [-0.39, 0.29) is 23.7 Å². The Morgan fingerprint density at radius 1 is 1.03 bits per heavy atom. The van der Waals surface area contributed by atoms with Crippen molar-refractivity contribution in [1.82, 2.24) is 0 Å². The summed E-state index contributed by atoms with van der Waals surface area (Å²) in [6, 6.07) is 15.6. The highest BCUT2D eigenvalue weighted by Gasteiger charge is 2.25. The fourth-order valence-corrected chi connectivity index (χ4v) is 3.32. The molecule has 2 aromatic heterocycles. The van der Waals surface area contributed by atoms with Gasteiger partial charge in [0.2, 0.25) is 5.76 Å². The van der Waals surface area contributed by atoms with Gasteiger partial charge in [0.05, 0.1) is 17.3 Å². The van der Waals surface area contributed by atoms with Crippen LogP contribution in [-0.2, 0) is 4.74 Å². The Labute approximate surface area is 174 Å². The molecule has 146 valence electrons. The second kappa shape index (κ2) is 7.97. The molecule has 0 aliphatic carbocycles. The molecule has 0 aliphatic rings. The van der Waals surface area contributed by atoms with Crippen molar-refractivity contribution in [1.29, 1.82) is 0 Å². The maximum absolute atomic E-state index is 12.7. The van der Waals surface area contributed by atoms with Gasteiger partial charge in [-0.15, -0.1) is 0 Å². The highest BCUT2D eigenvalue weighted by molar-refractivity contribution is 9.10. The third kappa shape index (κ3) is 3.69. The lowest BCUT2D eigenvalue weighted by molar-refractivity contribution is 0.0528. The number of rotatable bonds is 5. The second-order valence-electron chi connectivity index (χ2n) is 6.04. The highest BCUT2D eigenvalue weighted by atomic mass is 79.9. The van der Waals surface area contributed by atoms with Gasteiger partial charge < -0.3 is 18.3 Å². The fourth-order valence-electron chi connectivity index (χ4n) is 2.92.